The van der Waals surface area contributed by atoms with Crippen molar-refractivity contribution < 1.29 is 4.74 Å². The van der Waals surface area contributed by atoms with Crippen LogP contribution in [0.1, 0.15) is 20.3 Å². The van der Waals surface area contributed by atoms with Crippen molar-refractivity contribution in [3.63, 3.8) is 0 Å². The van der Waals surface area contributed by atoms with Crippen molar-refractivity contribution in [2.75, 3.05) is 19.0 Å². The first-order valence-corrected chi connectivity index (χ1v) is 7.33. The number of ether oxygens (including phenoxy) is 1. The van der Waals surface area contributed by atoms with E-state index in [2.05, 4.69) is 58.6 Å². The summed E-state index contributed by atoms with van der Waals surface area (Å²) in [4.78, 5) is 5.22. The molecule has 0 amide bonds. The second-order valence-corrected chi connectivity index (χ2v) is 6.12. The molecule has 0 aliphatic carbocycles. The number of nitrogens with one attached hydrogen (secondary N) is 2. The molecule has 5 nitrogen and oxygen atoms in total. The van der Waals surface area contributed by atoms with E-state index in [0.29, 0.717) is 0 Å². The lowest BCUT2D eigenvalue weighted by atomic mass is 10.1. The minimum Gasteiger partial charge on any atom is -0.385 e. The zero-order chi connectivity index (χ0) is 14.4. The molecule has 0 unspecified atom stereocenters. The number of aromatic nitrogens is 3. The Balaban J connectivity index is 1.82. The molecule has 1 aromatic carbocycles. The number of aromatic amines is 1. The van der Waals surface area contributed by atoms with E-state index in [1.807, 2.05) is 0 Å². The predicted octanol–water partition coefficient (Wildman–Crippen LogP) is 3.18. The van der Waals surface area contributed by atoms with Gasteiger partial charge in [-0.25, -0.2) is 4.98 Å². The first-order chi connectivity index (χ1) is 9.59. The van der Waals surface area contributed by atoms with Crippen LogP contribution in [0, 0.1) is 0 Å². The monoisotopic (exact) mass is 292 g/mol. The average Bonchev–Trinajstić information content (AvgIpc) is 2.94. The molecule has 0 saturated carbocycles. The maximum absolute atomic E-state index is 5.39. The average molecular weight is 292 g/mol. The molecule has 2 aromatic rings. The highest BCUT2D eigenvalue weighted by atomic mass is 32.2. The fraction of sp³-hybridized carbons (Fsp3) is 0.429. The number of H-pyrrole nitrogens is 1. The molecule has 1 aromatic heterocycles. The van der Waals surface area contributed by atoms with Gasteiger partial charge in [0.05, 0.1) is 5.60 Å². The summed E-state index contributed by atoms with van der Waals surface area (Å²) in [6, 6.07) is 8.27. The lowest BCUT2D eigenvalue weighted by Gasteiger charge is -2.23. The van der Waals surface area contributed by atoms with Crippen molar-refractivity contribution in [3.05, 3.63) is 30.6 Å². The van der Waals surface area contributed by atoms with E-state index in [0.717, 1.165) is 28.7 Å². The van der Waals surface area contributed by atoms with Crippen LogP contribution in [0.3, 0.4) is 0 Å². The van der Waals surface area contributed by atoms with Gasteiger partial charge in [0.2, 0.25) is 0 Å². The Morgan fingerprint density at radius 2 is 2.05 bits per heavy atom. The molecule has 6 heteroatoms. The Labute approximate surface area is 123 Å². The van der Waals surface area contributed by atoms with Crippen LogP contribution in [0.4, 0.5) is 5.69 Å². The van der Waals surface area contributed by atoms with E-state index in [1.54, 1.807) is 18.9 Å². The zero-order valence-electron chi connectivity index (χ0n) is 12.0. The third-order valence-electron chi connectivity index (χ3n) is 3.07. The first-order valence-electron chi connectivity index (χ1n) is 6.51. The lowest BCUT2D eigenvalue weighted by molar-refractivity contribution is 0.0185. The van der Waals surface area contributed by atoms with Gasteiger partial charge in [-0.1, -0.05) is 11.8 Å². The van der Waals surface area contributed by atoms with E-state index in [-0.39, 0.29) is 5.60 Å². The zero-order valence-corrected chi connectivity index (χ0v) is 12.8. The van der Waals surface area contributed by atoms with Crippen LogP contribution in [0.2, 0.25) is 0 Å². The highest BCUT2D eigenvalue weighted by molar-refractivity contribution is 7.99. The number of hydrogen-bond acceptors (Lipinski definition) is 5. The normalized spacial score (nSPS) is 11.6. The molecule has 0 spiro atoms. The van der Waals surface area contributed by atoms with Crippen LogP contribution in [-0.2, 0) is 4.74 Å². The Morgan fingerprint density at radius 3 is 2.65 bits per heavy atom. The van der Waals surface area contributed by atoms with E-state index in [9.17, 15) is 0 Å². The number of methoxy groups -OCH3 is 1. The van der Waals surface area contributed by atoms with E-state index >= 15 is 0 Å². The molecule has 0 aliphatic heterocycles. The number of rotatable bonds is 7. The minimum absolute atomic E-state index is 0.0882. The summed E-state index contributed by atoms with van der Waals surface area (Å²) in [5, 5.41) is 10.9. The number of hydrogen-bond donors (Lipinski definition) is 2. The molecule has 108 valence electrons. The van der Waals surface area contributed by atoms with E-state index < -0.39 is 0 Å². The van der Waals surface area contributed by atoms with Gasteiger partial charge in [0.1, 0.15) is 6.33 Å². The van der Waals surface area contributed by atoms with Crippen LogP contribution in [0.5, 0.6) is 0 Å². The van der Waals surface area contributed by atoms with Gasteiger partial charge in [-0.2, -0.15) is 5.10 Å². The Morgan fingerprint density at radius 1 is 1.30 bits per heavy atom. The van der Waals surface area contributed by atoms with E-state index in [1.165, 1.54) is 6.33 Å². The molecule has 0 atom stereocenters. The van der Waals surface area contributed by atoms with Crippen LogP contribution in [-0.4, -0.2) is 34.4 Å². The highest BCUT2D eigenvalue weighted by Crippen LogP contribution is 2.25. The van der Waals surface area contributed by atoms with Crippen LogP contribution < -0.4 is 5.32 Å². The number of anilines is 1. The van der Waals surface area contributed by atoms with Gasteiger partial charge in [0, 0.05) is 24.2 Å². The summed E-state index contributed by atoms with van der Waals surface area (Å²) in [5.74, 6) is 0. The summed E-state index contributed by atoms with van der Waals surface area (Å²) in [6.07, 6.45) is 2.47. The Kier molecular flexibility index (Phi) is 5.03. The number of nitrogens with zero attached hydrogens (tertiary/aromatic N) is 2. The van der Waals surface area contributed by atoms with Gasteiger partial charge in [-0.3, -0.25) is 5.10 Å². The quantitative estimate of drug-likeness (QED) is 0.820. The maximum atomic E-state index is 5.39. The molecule has 20 heavy (non-hydrogen) atoms. The second kappa shape index (κ2) is 6.76. The maximum Gasteiger partial charge on any atom is 0.188 e. The minimum atomic E-state index is -0.0882. The largest absolute Gasteiger partial charge is 0.385 e. The molecular formula is C14H20N4OS. The van der Waals surface area contributed by atoms with Crippen molar-refractivity contribution in [2.45, 2.75) is 35.9 Å². The van der Waals surface area contributed by atoms with Crippen LogP contribution in [0.15, 0.2) is 40.6 Å². The predicted molar refractivity (Wildman–Crippen MR) is 81.1 cm³/mol. The van der Waals surface area contributed by atoms with Crippen molar-refractivity contribution in [1.82, 2.24) is 15.2 Å². The van der Waals surface area contributed by atoms with Crippen LogP contribution >= 0.6 is 11.8 Å². The smallest absolute Gasteiger partial charge is 0.188 e. The summed E-state index contributed by atoms with van der Waals surface area (Å²) < 4.78 is 5.39. The summed E-state index contributed by atoms with van der Waals surface area (Å²) in [7, 11) is 1.75. The van der Waals surface area contributed by atoms with Gasteiger partial charge in [-0.15, -0.1) is 0 Å². The van der Waals surface area contributed by atoms with Crippen molar-refractivity contribution in [2.24, 2.45) is 0 Å². The molecule has 0 fully saturated rings. The summed E-state index contributed by atoms with van der Waals surface area (Å²) in [6.45, 7) is 5.06. The molecule has 1 heterocycles. The summed E-state index contributed by atoms with van der Waals surface area (Å²) in [5.41, 5.74) is 1.02. The second-order valence-electron chi connectivity index (χ2n) is 5.06. The first kappa shape index (κ1) is 14.9. The molecule has 0 aliphatic rings. The van der Waals surface area contributed by atoms with Gasteiger partial charge in [-0.05, 0) is 44.5 Å². The van der Waals surface area contributed by atoms with Gasteiger partial charge in [0.15, 0.2) is 5.16 Å². The lowest BCUT2D eigenvalue weighted by Crippen LogP contribution is -2.25. The van der Waals surface area contributed by atoms with Gasteiger partial charge in [0.25, 0.3) is 0 Å². The third kappa shape index (κ3) is 4.54. The fourth-order valence-corrected chi connectivity index (χ4v) is 2.30. The Hall–Kier alpha value is -1.53. The third-order valence-corrected chi connectivity index (χ3v) is 3.97. The SMILES string of the molecule is COC(C)(C)CCNc1ccc(Sc2ncn[nH]2)cc1. The van der Waals surface area contributed by atoms with Crippen molar-refractivity contribution >= 4 is 17.4 Å². The van der Waals surface area contributed by atoms with Gasteiger partial charge < -0.3 is 10.1 Å². The standard InChI is InChI=1S/C14H20N4OS/c1-14(2,19-3)8-9-15-11-4-6-12(7-5-11)20-13-16-10-17-18-13/h4-7,10,15H,8-9H2,1-3H3,(H,16,17,18). The van der Waals surface area contributed by atoms with Crippen molar-refractivity contribution in [1.29, 1.82) is 0 Å². The van der Waals surface area contributed by atoms with Crippen molar-refractivity contribution in [3.8, 4) is 0 Å². The van der Waals surface area contributed by atoms with Gasteiger partial charge >= 0.3 is 0 Å². The fourth-order valence-electron chi connectivity index (χ4n) is 1.61. The molecular weight excluding hydrogens is 272 g/mol. The Bertz CT molecular complexity index is 510. The molecule has 2 rings (SSSR count). The number of benzene rings is 1. The van der Waals surface area contributed by atoms with Crippen LogP contribution in [0.25, 0.3) is 0 Å². The molecule has 0 bridgehead atoms. The molecule has 2 N–H and O–H groups in total. The highest BCUT2D eigenvalue weighted by Gasteiger charge is 2.15. The van der Waals surface area contributed by atoms with E-state index in [4.69, 9.17) is 4.74 Å². The topological polar surface area (TPSA) is 62.8 Å². The molecule has 0 radical (unpaired) electrons. The molecule has 0 saturated heterocycles. The summed E-state index contributed by atoms with van der Waals surface area (Å²) >= 11 is 1.56.